The minimum Gasteiger partial charge on any atom is -0.491 e. The Morgan fingerprint density at radius 3 is 2.29 bits per heavy atom. The number of aryl methyl sites for hydroxylation is 1. The van der Waals surface area contributed by atoms with E-state index in [1.54, 1.807) is 31.4 Å². The predicted molar refractivity (Wildman–Crippen MR) is 92.5 cm³/mol. The Bertz CT molecular complexity index is 772. The molecular formula is C17H19ClO5S. The van der Waals surface area contributed by atoms with E-state index in [1.165, 1.54) is 18.2 Å². The Kier molecular flexibility index (Phi) is 6.48. The highest BCUT2D eigenvalue weighted by Gasteiger charge is 2.17. The normalized spacial score (nSPS) is 11.3. The molecule has 0 aliphatic carbocycles. The Morgan fingerprint density at radius 2 is 1.67 bits per heavy atom. The maximum Gasteiger partial charge on any atom is 0.339 e. The molecule has 7 heteroatoms. The lowest BCUT2D eigenvalue weighted by atomic mass is 10.2. The van der Waals surface area contributed by atoms with E-state index in [2.05, 4.69) is 0 Å². The van der Waals surface area contributed by atoms with Crippen LogP contribution in [0, 0.1) is 0 Å². The molecule has 0 saturated carbocycles. The molecule has 0 spiro atoms. The van der Waals surface area contributed by atoms with Gasteiger partial charge in [0.15, 0.2) is 0 Å². The summed E-state index contributed by atoms with van der Waals surface area (Å²) in [5.41, 5.74) is 0.825. The van der Waals surface area contributed by atoms with Gasteiger partial charge < -0.3 is 13.7 Å². The topological polar surface area (TPSA) is 61.8 Å². The first kappa shape index (κ1) is 18.6. The van der Waals surface area contributed by atoms with Crippen molar-refractivity contribution >= 4 is 21.7 Å². The highest BCUT2D eigenvalue weighted by Crippen LogP contribution is 2.26. The van der Waals surface area contributed by atoms with Crippen LogP contribution in [0.1, 0.15) is 12.5 Å². The number of rotatable bonds is 8. The molecule has 2 aromatic rings. The van der Waals surface area contributed by atoms with E-state index in [4.69, 9.17) is 25.3 Å². The zero-order chi connectivity index (χ0) is 17.6. The standard InChI is InChI=1S/C17H19ClO5S/c1-3-13-12-15(6-9-17(13)18)23-24(19,20)16-7-4-14(5-8-16)22-11-10-21-2/h4-9,12H,3,10-11H2,1-2H3. The second kappa shape index (κ2) is 8.37. The van der Waals surface area contributed by atoms with Gasteiger partial charge in [-0.25, -0.2) is 0 Å². The van der Waals surface area contributed by atoms with Gasteiger partial charge in [0.1, 0.15) is 23.0 Å². The smallest absolute Gasteiger partial charge is 0.339 e. The van der Waals surface area contributed by atoms with Crippen LogP contribution in [0.3, 0.4) is 0 Å². The number of hydrogen-bond donors (Lipinski definition) is 0. The highest BCUT2D eigenvalue weighted by molar-refractivity contribution is 7.87. The van der Waals surface area contributed by atoms with Gasteiger partial charge in [-0.1, -0.05) is 18.5 Å². The van der Waals surface area contributed by atoms with E-state index in [9.17, 15) is 8.42 Å². The minimum absolute atomic E-state index is 0.0505. The van der Waals surface area contributed by atoms with Crippen LogP contribution < -0.4 is 8.92 Å². The van der Waals surface area contributed by atoms with Gasteiger partial charge in [0.25, 0.3) is 0 Å². The summed E-state index contributed by atoms with van der Waals surface area (Å²) in [5.74, 6) is 0.794. The van der Waals surface area contributed by atoms with Crippen molar-refractivity contribution in [3.8, 4) is 11.5 Å². The zero-order valence-electron chi connectivity index (χ0n) is 13.5. The van der Waals surface area contributed by atoms with Crippen molar-refractivity contribution in [1.29, 1.82) is 0 Å². The van der Waals surface area contributed by atoms with Crippen molar-refractivity contribution in [3.63, 3.8) is 0 Å². The Labute approximate surface area is 147 Å². The second-order valence-electron chi connectivity index (χ2n) is 4.96. The molecule has 0 saturated heterocycles. The number of methoxy groups -OCH3 is 1. The van der Waals surface area contributed by atoms with Gasteiger partial charge in [-0.2, -0.15) is 8.42 Å². The molecule has 5 nitrogen and oxygen atoms in total. The fourth-order valence-electron chi connectivity index (χ4n) is 1.99. The van der Waals surface area contributed by atoms with E-state index in [1.807, 2.05) is 6.92 Å². The van der Waals surface area contributed by atoms with Crippen LogP contribution in [0.25, 0.3) is 0 Å². The summed E-state index contributed by atoms with van der Waals surface area (Å²) < 4.78 is 40.1. The van der Waals surface area contributed by atoms with Crippen molar-refractivity contribution in [2.45, 2.75) is 18.2 Å². The molecule has 0 fully saturated rings. The average molecular weight is 371 g/mol. The van der Waals surface area contributed by atoms with Crippen LogP contribution in [0.5, 0.6) is 11.5 Å². The highest BCUT2D eigenvalue weighted by atomic mass is 35.5. The molecule has 0 unspecified atom stereocenters. The summed E-state index contributed by atoms with van der Waals surface area (Å²) in [4.78, 5) is 0.0505. The number of ether oxygens (including phenoxy) is 2. The van der Waals surface area contributed by atoms with Crippen LogP contribution in [0.15, 0.2) is 47.4 Å². The van der Waals surface area contributed by atoms with Crippen LogP contribution in [-0.4, -0.2) is 28.7 Å². The average Bonchev–Trinajstić information content (AvgIpc) is 2.57. The fourth-order valence-corrected chi connectivity index (χ4v) is 3.17. The lowest BCUT2D eigenvalue weighted by molar-refractivity contribution is 0.146. The summed E-state index contributed by atoms with van der Waals surface area (Å²) in [6.45, 7) is 2.78. The van der Waals surface area contributed by atoms with Crippen molar-refractivity contribution < 1.29 is 22.1 Å². The number of benzene rings is 2. The molecule has 0 aliphatic rings. The van der Waals surface area contributed by atoms with Gasteiger partial charge >= 0.3 is 10.1 Å². The molecule has 0 aromatic heterocycles. The van der Waals surface area contributed by atoms with Crippen molar-refractivity contribution in [2.75, 3.05) is 20.3 Å². The van der Waals surface area contributed by atoms with Gasteiger partial charge in [-0.05, 0) is 54.4 Å². The molecule has 130 valence electrons. The molecule has 0 amide bonds. The van der Waals surface area contributed by atoms with Gasteiger partial charge in [0, 0.05) is 12.1 Å². The molecule has 0 N–H and O–H groups in total. The molecule has 0 heterocycles. The zero-order valence-corrected chi connectivity index (χ0v) is 15.1. The number of halogens is 1. The molecule has 2 rings (SSSR count). The second-order valence-corrected chi connectivity index (χ2v) is 6.91. The summed E-state index contributed by atoms with van der Waals surface area (Å²) >= 11 is 6.03. The predicted octanol–water partition coefficient (Wildman–Crippen LogP) is 3.70. The summed E-state index contributed by atoms with van der Waals surface area (Å²) in [5, 5.41) is 0.583. The molecule has 0 atom stereocenters. The maximum atomic E-state index is 12.3. The van der Waals surface area contributed by atoms with Gasteiger partial charge in [-0.3, -0.25) is 0 Å². The summed E-state index contributed by atoms with van der Waals surface area (Å²) in [7, 11) is -2.34. The minimum atomic E-state index is -3.92. The third-order valence-electron chi connectivity index (χ3n) is 3.27. The largest absolute Gasteiger partial charge is 0.491 e. The lowest BCUT2D eigenvalue weighted by Crippen LogP contribution is -2.10. The van der Waals surface area contributed by atoms with Crippen molar-refractivity contribution in [3.05, 3.63) is 53.1 Å². The van der Waals surface area contributed by atoms with E-state index in [0.29, 0.717) is 30.4 Å². The van der Waals surface area contributed by atoms with Gasteiger partial charge in [-0.15, -0.1) is 0 Å². The number of hydrogen-bond acceptors (Lipinski definition) is 5. The quantitative estimate of drug-likeness (QED) is 0.523. The monoisotopic (exact) mass is 370 g/mol. The van der Waals surface area contributed by atoms with Gasteiger partial charge in [0.05, 0.1) is 6.61 Å². The summed E-state index contributed by atoms with van der Waals surface area (Å²) in [6, 6.07) is 10.8. The van der Waals surface area contributed by atoms with Crippen molar-refractivity contribution in [1.82, 2.24) is 0 Å². The van der Waals surface area contributed by atoms with Crippen LogP contribution in [0.2, 0.25) is 5.02 Å². The van der Waals surface area contributed by atoms with Crippen LogP contribution in [-0.2, 0) is 21.3 Å². The maximum absolute atomic E-state index is 12.3. The lowest BCUT2D eigenvalue weighted by Gasteiger charge is -2.10. The van der Waals surface area contributed by atoms with E-state index in [0.717, 1.165) is 5.56 Å². The van der Waals surface area contributed by atoms with E-state index in [-0.39, 0.29) is 10.6 Å². The van der Waals surface area contributed by atoms with Crippen LogP contribution in [0.4, 0.5) is 0 Å². The first-order valence-electron chi connectivity index (χ1n) is 7.41. The van der Waals surface area contributed by atoms with Crippen molar-refractivity contribution in [2.24, 2.45) is 0 Å². The summed E-state index contributed by atoms with van der Waals surface area (Å²) in [6.07, 6.45) is 0.684. The molecule has 2 aromatic carbocycles. The third kappa shape index (κ3) is 4.87. The first-order chi connectivity index (χ1) is 11.5. The Balaban J connectivity index is 2.12. The van der Waals surface area contributed by atoms with E-state index < -0.39 is 10.1 Å². The molecular weight excluding hydrogens is 352 g/mol. The SMILES string of the molecule is CCc1cc(OS(=O)(=O)c2ccc(OCCOC)cc2)ccc1Cl. The Hall–Kier alpha value is -1.76. The molecule has 0 bridgehead atoms. The molecule has 0 radical (unpaired) electrons. The molecule has 0 aliphatic heterocycles. The Morgan fingerprint density at radius 1 is 1.00 bits per heavy atom. The first-order valence-corrected chi connectivity index (χ1v) is 9.19. The van der Waals surface area contributed by atoms with Crippen LogP contribution >= 0.6 is 11.6 Å². The van der Waals surface area contributed by atoms with Gasteiger partial charge in [0.2, 0.25) is 0 Å². The van der Waals surface area contributed by atoms with E-state index >= 15 is 0 Å². The third-order valence-corrected chi connectivity index (χ3v) is 4.90. The fraction of sp³-hybridized carbons (Fsp3) is 0.294. The molecule has 24 heavy (non-hydrogen) atoms.